The average molecular weight is 372 g/mol. The first kappa shape index (κ1) is 17.7. The Morgan fingerprint density at radius 3 is 2.68 bits per heavy atom. The van der Waals surface area contributed by atoms with Gasteiger partial charge < -0.3 is 14.9 Å². The summed E-state index contributed by atoms with van der Waals surface area (Å²) in [6, 6.07) is 16.5. The maximum atomic E-state index is 12.8. The maximum Gasteiger partial charge on any atom is 0.259 e. The van der Waals surface area contributed by atoms with Crippen molar-refractivity contribution >= 4 is 16.8 Å². The second-order valence-corrected chi connectivity index (χ2v) is 6.64. The Morgan fingerprint density at radius 1 is 1.14 bits per heavy atom. The first-order chi connectivity index (χ1) is 13.6. The number of rotatable bonds is 4. The van der Waals surface area contributed by atoms with Crippen LogP contribution in [0.15, 0.2) is 71.8 Å². The Morgan fingerprint density at radius 2 is 1.93 bits per heavy atom. The van der Waals surface area contributed by atoms with E-state index < -0.39 is 6.04 Å². The highest BCUT2D eigenvalue weighted by atomic mass is 16.2. The van der Waals surface area contributed by atoms with Gasteiger partial charge in [0.05, 0.1) is 11.1 Å². The molecular formula is C22H20N4O2. The minimum atomic E-state index is -0.628. The molecule has 2 aromatic heterocycles. The number of nitrogens with one attached hydrogen (secondary N) is 2. The van der Waals surface area contributed by atoms with Crippen LogP contribution in [0, 0.1) is 6.92 Å². The number of likely N-dealkylation sites (N-methyl/N-ethyl adjacent to an activating group) is 1. The molecule has 140 valence electrons. The van der Waals surface area contributed by atoms with Crippen molar-refractivity contribution in [1.82, 2.24) is 19.9 Å². The summed E-state index contributed by atoms with van der Waals surface area (Å²) in [5.74, 6) is 0.264. The van der Waals surface area contributed by atoms with Crippen molar-refractivity contribution in [1.29, 1.82) is 0 Å². The zero-order valence-corrected chi connectivity index (χ0v) is 15.6. The lowest BCUT2D eigenvalue weighted by molar-refractivity contribution is -0.122. The molecule has 0 spiro atoms. The minimum Gasteiger partial charge on any atom is -0.357 e. The molecular weight excluding hydrogens is 352 g/mol. The SMILES string of the molecule is CNC(=O)C(c1ccccc1)n1ccnc1-c1cc2cccc(C)c2[nH]c1=O. The lowest BCUT2D eigenvalue weighted by atomic mass is 10.0. The van der Waals surface area contributed by atoms with E-state index in [2.05, 4.69) is 15.3 Å². The normalized spacial score (nSPS) is 12.1. The van der Waals surface area contributed by atoms with Crippen LogP contribution in [0.5, 0.6) is 0 Å². The van der Waals surface area contributed by atoms with Crippen molar-refractivity contribution in [2.24, 2.45) is 0 Å². The van der Waals surface area contributed by atoms with Gasteiger partial charge in [0.25, 0.3) is 5.56 Å². The lowest BCUT2D eigenvalue weighted by Gasteiger charge is -2.20. The van der Waals surface area contributed by atoms with E-state index in [1.807, 2.05) is 61.5 Å². The second-order valence-electron chi connectivity index (χ2n) is 6.64. The molecule has 0 saturated carbocycles. The van der Waals surface area contributed by atoms with Gasteiger partial charge in [0.2, 0.25) is 5.91 Å². The Hall–Kier alpha value is -3.67. The number of benzene rings is 2. The van der Waals surface area contributed by atoms with E-state index in [-0.39, 0.29) is 11.5 Å². The van der Waals surface area contributed by atoms with Gasteiger partial charge >= 0.3 is 0 Å². The Bertz CT molecular complexity index is 1210. The first-order valence-corrected chi connectivity index (χ1v) is 9.02. The predicted octanol–water partition coefficient (Wildman–Crippen LogP) is 3.04. The van der Waals surface area contributed by atoms with E-state index >= 15 is 0 Å². The zero-order chi connectivity index (χ0) is 19.7. The van der Waals surface area contributed by atoms with Gasteiger partial charge in [-0.2, -0.15) is 0 Å². The van der Waals surface area contributed by atoms with E-state index in [0.29, 0.717) is 11.4 Å². The van der Waals surface area contributed by atoms with Crippen molar-refractivity contribution < 1.29 is 4.79 Å². The topological polar surface area (TPSA) is 79.8 Å². The van der Waals surface area contributed by atoms with Gasteiger partial charge in [-0.3, -0.25) is 9.59 Å². The Balaban J connectivity index is 1.92. The molecule has 6 nitrogen and oxygen atoms in total. The molecule has 1 amide bonds. The van der Waals surface area contributed by atoms with Crippen LogP contribution in [-0.2, 0) is 4.79 Å². The summed E-state index contributed by atoms with van der Waals surface area (Å²) in [5.41, 5.74) is 2.80. The summed E-state index contributed by atoms with van der Waals surface area (Å²) in [5, 5.41) is 3.63. The van der Waals surface area contributed by atoms with Crippen LogP contribution in [0.1, 0.15) is 17.2 Å². The molecule has 1 atom stereocenters. The third kappa shape index (κ3) is 2.99. The molecule has 0 radical (unpaired) electrons. The smallest absolute Gasteiger partial charge is 0.259 e. The van der Waals surface area contributed by atoms with Crippen molar-refractivity contribution in [3.63, 3.8) is 0 Å². The molecule has 1 unspecified atom stereocenters. The first-order valence-electron chi connectivity index (χ1n) is 9.02. The van der Waals surface area contributed by atoms with Crippen molar-refractivity contribution in [2.75, 3.05) is 7.05 Å². The number of H-pyrrole nitrogens is 1. The zero-order valence-electron chi connectivity index (χ0n) is 15.6. The Labute approximate surface area is 161 Å². The molecule has 0 bridgehead atoms. The van der Waals surface area contributed by atoms with Gasteiger partial charge in [-0.1, -0.05) is 48.5 Å². The van der Waals surface area contributed by atoms with Crippen molar-refractivity contribution in [3.8, 4) is 11.4 Å². The van der Waals surface area contributed by atoms with Crippen LogP contribution >= 0.6 is 0 Å². The minimum absolute atomic E-state index is 0.182. The number of imidazole rings is 1. The van der Waals surface area contributed by atoms with Gasteiger partial charge in [-0.05, 0) is 29.5 Å². The highest BCUT2D eigenvalue weighted by molar-refractivity contribution is 5.86. The number of carbonyl (C=O) groups is 1. The number of para-hydroxylation sites is 1. The van der Waals surface area contributed by atoms with Gasteiger partial charge in [0, 0.05) is 19.4 Å². The number of hydrogen-bond acceptors (Lipinski definition) is 3. The molecule has 0 saturated heterocycles. The van der Waals surface area contributed by atoms with Gasteiger partial charge in [0.15, 0.2) is 0 Å². The molecule has 4 aromatic rings. The number of aromatic amines is 1. The third-order valence-electron chi connectivity index (χ3n) is 4.89. The molecule has 4 rings (SSSR count). The number of fused-ring (bicyclic) bond motifs is 1. The fraction of sp³-hybridized carbons (Fsp3) is 0.136. The van der Waals surface area contributed by atoms with Crippen LogP contribution in [0.2, 0.25) is 0 Å². The summed E-state index contributed by atoms with van der Waals surface area (Å²) in [6.07, 6.45) is 3.33. The van der Waals surface area contributed by atoms with E-state index in [0.717, 1.165) is 22.0 Å². The molecule has 6 heteroatoms. The van der Waals surface area contributed by atoms with E-state index in [4.69, 9.17) is 0 Å². The molecule has 2 N–H and O–H groups in total. The van der Waals surface area contributed by atoms with Crippen LogP contribution < -0.4 is 10.9 Å². The Kier molecular flexibility index (Phi) is 4.53. The summed E-state index contributed by atoms with van der Waals surface area (Å²) in [7, 11) is 1.60. The largest absolute Gasteiger partial charge is 0.357 e. The molecule has 28 heavy (non-hydrogen) atoms. The quantitative estimate of drug-likeness (QED) is 0.578. The van der Waals surface area contributed by atoms with Crippen molar-refractivity contribution in [2.45, 2.75) is 13.0 Å². The van der Waals surface area contributed by atoms with Crippen LogP contribution in [-0.4, -0.2) is 27.5 Å². The monoisotopic (exact) mass is 372 g/mol. The number of pyridine rings is 1. The number of aromatic nitrogens is 3. The van der Waals surface area contributed by atoms with E-state index in [1.54, 1.807) is 24.0 Å². The van der Waals surface area contributed by atoms with Gasteiger partial charge in [0.1, 0.15) is 11.9 Å². The average Bonchev–Trinajstić information content (AvgIpc) is 3.18. The lowest BCUT2D eigenvalue weighted by Crippen LogP contribution is -2.31. The molecule has 2 heterocycles. The summed E-state index contributed by atoms with van der Waals surface area (Å²) in [6.45, 7) is 1.95. The summed E-state index contributed by atoms with van der Waals surface area (Å²) in [4.78, 5) is 32.9. The van der Waals surface area contributed by atoms with Gasteiger partial charge in [-0.15, -0.1) is 0 Å². The maximum absolute atomic E-state index is 12.8. The summed E-state index contributed by atoms with van der Waals surface area (Å²) < 4.78 is 1.74. The predicted molar refractivity (Wildman–Crippen MR) is 109 cm³/mol. The van der Waals surface area contributed by atoms with Crippen LogP contribution in [0.4, 0.5) is 0 Å². The standard InChI is InChI=1S/C22H20N4O2/c1-14-7-6-10-16-13-17(21(27)25-18(14)16)20-24-11-12-26(20)19(22(28)23-2)15-8-4-3-5-9-15/h3-13,19H,1-2H3,(H,23,28)(H,25,27). The van der Waals surface area contributed by atoms with Crippen LogP contribution in [0.25, 0.3) is 22.3 Å². The summed E-state index contributed by atoms with van der Waals surface area (Å²) >= 11 is 0. The fourth-order valence-electron chi connectivity index (χ4n) is 3.49. The molecule has 0 aliphatic heterocycles. The van der Waals surface area contributed by atoms with Crippen molar-refractivity contribution in [3.05, 3.63) is 88.5 Å². The number of amides is 1. The highest BCUT2D eigenvalue weighted by Gasteiger charge is 2.25. The molecule has 0 fully saturated rings. The van der Waals surface area contributed by atoms with Crippen LogP contribution in [0.3, 0.4) is 0 Å². The van der Waals surface area contributed by atoms with Gasteiger partial charge in [-0.25, -0.2) is 4.98 Å². The second kappa shape index (κ2) is 7.15. The third-order valence-corrected chi connectivity index (χ3v) is 4.89. The number of nitrogens with zero attached hydrogens (tertiary/aromatic N) is 2. The molecule has 2 aromatic carbocycles. The molecule has 0 aliphatic rings. The fourth-order valence-corrected chi connectivity index (χ4v) is 3.49. The molecule has 0 aliphatic carbocycles. The van der Waals surface area contributed by atoms with E-state index in [1.165, 1.54) is 0 Å². The number of aryl methyl sites for hydroxylation is 1. The van der Waals surface area contributed by atoms with E-state index in [9.17, 15) is 9.59 Å². The highest BCUT2D eigenvalue weighted by Crippen LogP contribution is 2.26. The number of hydrogen-bond donors (Lipinski definition) is 2. The number of carbonyl (C=O) groups excluding carboxylic acids is 1.